The number of benzene rings is 1. The second kappa shape index (κ2) is 4.30. The Balaban J connectivity index is 1.80. The van der Waals surface area contributed by atoms with Crippen LogP contribution in [0.4, 0.5) is 5.69 Å². The van der Waals surface area contributed by atoms with Crippen LogP contribution in [0, 0.1) is 0 Å². The van der Waals surface area contributed by atoms with Gasteiger partial charge in [-0.2, -0.15) is 0 Å². The molecule has 82 valence electrons. The van der Waals surface area contributed by atoms with Crippen molar-refractivity contribution in [3.8, 4) is 0 Å². The Morgan fingerprint density at radius 3 is 2.62 bits per heavy atom. The Hall–Kier alpha value is -1.28. The van der Waals surface area contributed by atoms with Gasteiger partial charge in [0.2, 0.25) is 0 Å². The molecule has 0 atom stereocenters. The number of thiophene rings is 1. The minimum atomic E-state index is 1.15. The van der Waals surface area contributed by atoms with Gasteiger partial charge in [0.1, 0.15) is 0 Å². The van der Waals surface area contributed by atoms with Crippen molar-refractivity contribution in [1.82, 2.24) is 0 Å². The Morgan fingerprint density at radius 1 is 0.938 bits per heavy atom. The van der Waals surface area contributed by atoms with E-state index in [4.69, 9.17) is 0 Å². The first-order valence-corrected chi connectivity index (χ1v) is 6.67. The van der Waals surface area contributed by atoms with Gasteiger partial charge in [-0.15, -0.1) is 11.3 Å². The Morgan fingerprint density at radius 2 is 1.75 bits per heavy atom. The van der Waals surface area contributed by atoms with Crippen LogP contribution in [-0.4, -0.2) is 13.1 Å². The van der Waals surface area contributed by atoms with E-state index in [1.165, 1.54) is 18.5 Å². The van der Waals surface area contributed by atoms with E-state index in [-0.39, 0.29) is 0 Å². The maximum Gasteiger partial charge on any atom is 0.0366 e. The van der Waals surface area contributed by atoms with Gasteiger partial charge in [-0.3, -0.25) is 0 Å². The van der Waals surface area contributed by atoms with Crippen molar-refractivity contribution in [2.75, 3.05) is 18.0 Å². The van der Waals surface area contributed by atoms with Gasteiger partial charge in [-0.05, 0) is 42.0 Å². The van der Waals surface area contributed by atoms with Crippen molar-refractivity contribution in [3.05, 3.63) is 52.2 Å². The van der Waals surface area contributed by atoms with Gasteiger partial charge < -0.3 is 4.90 Å². The van der Waals surface area contributed by atoms with Gasteiger partial charge >= 0.3 is 0 Å². The van der Waals surface area contributed by atoms with E-state index in [0.29, 0.717) is 0 Å². The number of hydrogen-bond acceptors (Lipinski definition) is 2. The molecule has 2 aromatic rings. The number of rotatable bonds is 1. The predicted octanol–water partition coefficient (Wildman–Crippen LogP) is 3.35. The zero-order chi connectivity index (χ0) is 10.8. The maximum absolute atomic E-state index is 2.49. The molecule has 1 aromatic carbocycles. The summed E-state index contributed by atoms with van der Waals surface area (Å²) in [5, 5.41) is 2.23. The molecular formula is C14H15NS. The molecule has 2 heteroatoms. The molecule has 0 bridgehead atoms. The normalized spacial score (nSPS) is 15.6. The van der Waals surface area contributed by atoms with E-state index in [1.54, 1.807) is 10.4 Å². The summed E-state index contributed by atoms with van der Waals surface area (Å²) in [4.78, 5) is 4.07. The molecule has 0 N–H and O–H groups in total. The van der Waals surface area contributed by atoms with Crippen molar-refractivity contribution in [1.29, 1.82) is 0 Å². The fourth-order valence-corrected chi connectivity index (χ4v) is 3.24. The number of para-hydroxylation sites is 1. The summed E-state index contributed by atoms with van der Waals surface area (Å²) in [5.41, 5.74) is 2.92. The second-order valence-electron chi connectivity index (χ2n) is 4.19. The van der Waals surface area contributed by atoms with E-state index in [1.807, 2.05) is 11.3 Å². The van der Waals surface area contributed by atoms with Crippen LogP contribution in [0.3, 0.4) is 0 Å². The summed E-state index contributed by atoms with van der Waals surface area (Å²) >= 11 is 1.91. The molecule has 0 amide bonds. The fraction of sp³-hybridized carbons (Fsp3) is 0.286. The summed E-state index contributed by atoms with van der Waals surface area (Å²) in [6.45, 7) is 2.30. The lowest BCUT2D eigenvalue weighted by molar-refractivity contribution is 0.807. The predicted molar refractivity (Wildman–Crippen MR) is 70.4 cm³/mol. The third-order valence-corrected chi connectivity index (χ3v) is 4.24. The quantitative estimate of drug-likeness (QED) is 0.725. The lowest BCUT2D eigenvalue weighted by atomic mass is 10.2. The van der Waals surface area contributed by atoms with Gasteiger partial charge in [-0.1, -0.05) is 18.2 Å². The molecule has 0 radical (unpaired) electrons. The molecule has 16 heavy (non-hydrogen) atoms. The monoisotopic (exact) mass is 229 g/mol. The zero-order valence-electron chi connectivity index (χ0n) is 9.23. The zero-order valence-corrected chi connectivity index (χ0v) is 10.0. The van der Waals surface area contributed by atoms with Gasteiger partial charge in [0, 0.05) is 23.7 Å². The standard InChI is InChI=1S/C14H15NS/c1-2-4-13(5-3-1)15-9-6-12-8-11-16-14(12)7-10-15/h1-5,8,11H,6-7,9-10H2. The Kier molecular flexibility index (Phi) is 2.66. The minimum absolute atomic E-state index is 1.15. The molecule has 0 aliphatic carbocycles. The van der Waals surface area contributed by atoms with Gasteiger partial charge in [0.05, 0.1) is 0 Å². The number of anilines is 1. The molecule has 0 saturated heterocycles. The van der Waals surface area contributed by atoms with E-state index >= 15 is 0 Å². The molecule has 0 spiro atoms. The molecule has 1 aromatic heterocycles. The van der Waals surface area contributed by atoms with E-state index in [9.17, 15) is 0 Å². The summed E-state index contributed by atoms with van der Waals surface area (Å²) in [6.07, 6.45) is 2.38. The lowest BCUT2D eigenvalue weighted by Crippen LogP contribution is -2.25. The second-order valence-corrected chi connectivity index (χ2v) is 5.19. The topological polar surface area (TPSA) is 3.24 Å². The van der Waals surface area contributed by atoms with E-state index in [0.717, 1.165) is 13.1 Å². The molecular weight excluding hydrogens is 214 g/mol. The van der Waals surface area contributed by atoms with Gasteiger partial charge in [0.15, 0.2) is 0 Å². The van der Waals surface area contributed by atoms with E-state index in [2.05, 4.69) is 46.7 Å². The van der Waals surface area contributed by atoms with Crippen LogP contribution < -0.4 is 4.90 Å². The number of fused-ring (bicyclic) bond motifs is 1. The van der Waals surface area contributed by atoms with Crippen molar-refractivity contribution in [2.24, 2.45) is 0 Å². The van der Waals surface area contributed by atoms with Crippen molar-refractivity contribution < 1.29 is 0 Å². The highest BCUT2D eigenvalue weighted by molar-refractivity contribution is 7.10. The lowest BCUT2D eigenvalue weighted by Gasteiger charge is -2.22. The Bertz CT molecular complexity index is 438. The summed E-state index contributed by atoms with van der Waals surface area (Å²) in [7, 11) is 0. The third-order valence-electron chi connectivity index (χ3n) is 3.22. The Labute approximate surface area is 100 Å². The molecule has 1 aliphatic heterocycles. The number of nitrogens with zero attached hydrogens (tertiary/aromatic N) is 1. The number of hydrogen-bond donors (Lipinski definition) is 0. The molecule has 2 heterocycles. The molecule has 0 unspecified atom stereocenters. The first-order chi connectivity index (χ1) is 7.93. The largest absolute Gasteiger partial charge is 0.371 e. The highest BCUT2D eigenvalue weighted by atomic mass is 32.1. The first kappa shape index (κ1) is 9.91. The van der Waals surface area contributed by atoms with Crippen LogP contribution in [0.5, 0.6) is 0 Å². The van der Waals surface area contributed by atoms with Crippen molar-refractivity contribution in [2.45, 2.75) is 12.8 Å². The van der Waals surface area contributed by atoms with Crippen LogP contribution in [0.25, 0.3) is 0 Å². The highest BCUT2D eigenvalue weighted by Crippen LogP contribution is 2.24. The molecule has 3 rings (SSSR count). The summed E-state index contributed by atoms with van der Waals surface area (Å²) < 4.78 is 0. The van der Waals surface area contributed by atoms with Crippen LogP contribution >= 0.6 is 11.3 Å². The highest BCUT2D eigenvalue weighted by Gasteiger charge is 2.14. The van der Waals surface area contributed by atoms with Gasteiger partial charge in [0.25, 0.3) is 0 Å². The smallest absolute Gasteiger partial charge is 0.0366 e. The minimum Gasteiger partial charge on any atom is -0.371 e. The van der Waals surface area contributed by atoms with Crippen LogP contribution in [0.1, 0.15) is 10.4 Å². The molecule has 0 fully saturated rings. The SMILES string of the molecule is c1ccc(N2CCc3ccsc3CC2)cc1. The summed E-state index contributed by atoms with van der Waals surface area (Å²) in [6, 6.07) is 13.0. The average molecular weight is 229 g/mol. The molecule has 1 aliphatic rings. The average Bonchev–Trinajstić information content (AvgIpc) is 2.70. The van der Waals surface area contributed by atoms with Crippen LogP contribution in [-0.2, 0) is 12.8 Å². The van der Waals surface area contributed by atoms with E-state index < -0.39 is 0 Å². The third kappa shape index (κ3) is 1.85. The molecule has 1 nitrogen and oxygen atoms in total. The maximum atomic E-state index is 2.49. The van der Waals surface area contributed by atoms with Gasteiger partial charge in [-0.25, -0.2) is 0 Å². The first-order valence-electron chi connectivity index (χ1n) is 5.79. The van der Waals surface area contributed by atoms with Crippen molar-refractivity contribution in [3.63, 3.8) is 0 Å². The van der Waals surface area contributed by atoms with Crippen LogP contribution in [0.2, 0.25) is 0 Å². The summed E-state index contributed by atoms with van der Waals surface area (Å²) in [5.74, 6) is 0. The van der Waals surface area contributed by atoms with Crippen LogP contribution in [0.15, 0.2) is 41.8 Å². The van der Waals surface area contributed by atoms with Crippen molar-refractivity contribution >= 4 is 17.0 Å². The molecule has 0 saturated carbocycles. The fourth-order valence-electron chi connectivity index (χ4n) is 2.31.